The van der Waals surface area contributed by atoms with Crippen molar-refractivity contribution in [2.24, 2.45) is 0 Å². The number of H-pyrrole nitrogens is 2. The van der Waals surface area contributed by atoms with Crippen molar-refractivity contribution in [1.82, 2.24) is 20.2 Å². The van der Waals surface area contributed by atoms with E-state index < -0.39 is 0 Å². The minimum Gasteiger partial charge on any atom is -0.497 e. The molecule has 5 heteroatoms. The Morgan fingerprint density at radius 3 is 2.85 bits per heavy atom. The zero-order valence-corrected chi connectivity index (χ0v) is 10.8. The van der Waals surface area contributed by atoms with Gasteiger partial charge in [0.25, 0.3) is 0 Å². The van der Waals surface area contributed by atoms with Gasteiger partial charge >= 0.3 is 0 Å². The minimum atomic E-state index is 0.755. The van der Waals surface area contributed by atoms with Crippen molar-refractivity contribution in [1.29, 1.82) is 0 Å². The Labute approximate surface area is 114 Å². The van der Waals surface area contributed by atoms with E-state index in [1.807, 2.05) is 42.5 Å². The van der Waals surface area contributed by atoms with Gasteiger partial charge in [0.1, 0.15) is 11.4 Å². The summed E-state index contributed by atoms with van der Waals surface area (Å²) < 4.78 is 5.22. The molecule has 4 rings (SSSR count). The zero-order valence-electron chi connectivity index (χ0n) is 10.8. The van der Waals surface area contributed by atoms with Crippen molar-refractivity contribution in [3.8, 4) is 17.3 Å². The van der Waals surface area contributed by atoms with E-state index in [-0.39, 0.29) is 0 Å². The number of ether oxygens (including phenoxy) is 1. The molecule has 0 aliphatic rings. The Kier molecular flexibility index (Phi) is 2.26. The first-order chi connectivity index (χ1) is 9.85. The number of hydrogen-bond acceptors (Lipinski definition) is 3. The van der Waals surface area contributed by atoms with Gasteiger partial charge in [-0.15, -0.1) is 0 Å². The molecule has 4 aromatic rings. The summed E-state index contributed by atoms with van der Waals surface area (Å²) in [6, 6.07) is 13.8. The van der Waals surface area contributed by atoms with Gasteiger partial charge in [-0.1, -0.05) is 18.2 Å². The maximum atomic E-state index is 5.22. The van der Waals surface area contributed by atoms with Gasteiger partial charge in [0.15, 0.2) is 5.82 Å². The van der Waals surface area contributed by atoms with Crippen LogP contribution in [-0.4, -0.2) is 27.3 Å². The molecule has 0 saturated heterocycles. The molecule has 0 aliphatic carbocycles. The molecule has 0 amide bonds. The average Bonchev–Trinajstić information content (AvgIpc) is 3.09. The van der Waals surface area contributed by atoms with E-state index in [2.05, 4.69) is 20.2 Å². The van der Waals surface area contributed by atoms with Crippen LogP contribution < -0.4 is 4.74 Å². The second kappa shape index (κ2) is 4.09. The molecule has 2 N–H and O–H groups in total. The quantitative estimate of drug-likeness (QED) is 0.584. The molecule has 2 aromatic heterocycles. The topological polar surface area (TPSA) is 66.6 Å². The van der Waals surface area contributed by atoms with Crippen LogP contribution in [0.2, 0.25) is 0 Å². The maximum absolute atomic E-state index is 5.22. The summed E-state index contributed by atoms with van der Waals surface area (Å²) in [6.45, 7) is 0. The smallest absolute Gasteiger partial charge is 0.159 e. The Morgan fingerprint density at radius 2 is 1.95 bits per heavy atom. The van der Waals surface area contributed by atoms with Crippen LogP contribution in [0, 0.1) is 0 Å². The number of nitrogens with one attached hydrogen (secondary N) is 2. The predicted octanol–water partition coefficient (Wildman–Crippen LogP) is 3.11. The van der Waals surface area contributed by atoms with Crippen LogP contribution in [-0.2, 0) is 0 Å². The van der Waals surface area contributed by atoms with Crippen LogP contribution in [0.15, 0.2) is 42.5 Å². The fraction of sp³-hybridized carbons (Fsp3) is 0.0667. The van der Waals surface area contributed by atoms with Crippen molar-refractivity contribution >= 4 is 21.9 Å². The second-order valence-corrected chi connectivity index (χ2v) is 4.59. The van der Waals surface area contributed by atoms with E-state index in [1.165, 1.54) is 0 Å². The summed E-state index contributed by atoms with van der Waals surface area (Å²) in [5, 5.41) is 8.43. The van der Waals surface area contributed by atoms with E-state index in [0.29, 0.717) is 0 Å². The normalized spacial score (nSPS) is 11.2. The van der Waals surface area contributed by atoms with Gasteiger partial charge in [-0.2, -0.15) is 5.10 Å². The molecule has 0 bridgehead atoms. The monoisotopic (exact) mass is 264 g/mol. The predicted molar refractivity (Wildman–Crippen MR) is 77.7 cm³/mol. The van der Waals surface area contributed by atoms with Gasteiger partial charge < -0.3 is 9.72 Å². The Balaban J connectivity index is 1.93. The summed E-state index contributed by atoms with van der Waals surface area (Å²) in [5.41, 5.74) is 3.66. The number of nitrogens with zero attached hydrogens (tertiary/aromatic N) is 2. The Hall–Kier alpha value is -2.82. The first-order valence-electron chi connectivity index (χ1n) is 6.32. The van der Waals surface area contributed by atoms with Crippen molar-refractivity contribution in [2.75, 3.05) is 7.11 Å². The van der Waals surface area contributed by atoms with Crippen LogP contribution in [0.5, 0.6) is 5.75 Å². The molecule has 0 saturated carbocycles. The highest BCUT2D eigenvalue weighted by Gasteiger charge is 2.12. The summed E-state index contributed by atoms with van der Waals surface area (Å²) in [5.74, 6) is 1.55. The lowest BCUT2D eigenvalue weighted by molar-refractivity contribution is 0.415. The largest absolute Gasteiger partial charge is 0.497 e. The van der Waals surface area contributed by atoms with E-state index in [1.54, 1.807) is 7.11 Å². The molecule has 0 unspecified atom stereocenters. The van der Waals surface area contributed by atoms with Gasteiger partial charge in [-0.3, -0.25) is 5.10 Å². The van der Waals surface area contributed by atoms with Crippen LogP contribution >= 0.6 is 0 Å². The maximum Gasteiger partial charge on any atom is 0.159 e. The first kappa shape index (κ1) is 11.0. The van der Waals surface area contributed by atoms with E-state index in [4.69, 9.17) is 4.74 Å². The van der Waals surface area contributed by atoms with Crippen molar-refractivity contribution < 1.29 is 4.74 Å². The average molecular weight is 264 g/mol. The summed E-state index contributed by atoms with van der Waals surface area (Å²) in [6.07, 6.45) is 0. The second-order valence-electron chi connectivity index (χ2n) is 4.59. The third kappa shape index (κ3) is 1.56. The van der Waals surface area contributed by atoms with Crippen molar-refractivity contribution in [3.05, 3.63) is 42.5 Å². The summed E-state index contributed by atoms with van der Waals surface area (Å²) >= 11 is 0. The number of rotatable bonds is 2. The summed E-state index contributed by atoms with van der Waals surface area (Å²) in [7, 11) is 1.65. The molecule has 0 radical (unpaired) electrons. The molecule has 0 spiro atoms. The molecular formula is C15H12N4O. The highest BCUT2D eigenvalue weighted by molar-refractivity contribution is 5.93. The number of methoxy groups -OCH3 is 1. The van der Waals surface area contributed by atoms with Crippen LogP contribution in [0.4, 0.5) is 0 Å². The molecule has 98 valence electrons. The number of aromatic amines is 2. The molecular weight excluding hydrogens is 252 g/mol. The van der Waals surface area contributed by atoms with E-state index >= 15 is 0 Å². The molecule has 2 aromatic carbocycles. The minimum absolute atomic E-state index is 0.755. The third-order valence-corrected chi connectivity index (χ3v) is 3.38. The van der Waals surface area contributed by atoms with Crippen LogP contribution in [0.3, 0.4) is 0 Å². The summed E-state index contributed by atoms with van der Waals surface area (Å²) in [4.78, 5) is 7.89. The number of para-hydroxylation sites is 1. The molecule has 0 atom stereocenters. The molecule has 0 aliphatic heterocycles. The first-order valence-corrected chi connectivity index (χ1v) is 6.32. The Morgan fingerprint density at radius 1 is 1.05 bits per heavy atom. The Bertz CT molecular complexity index is 906. The van der Waals surface area contributed by atoms with Crippen LogP contribution in [0.1, 0.15) is 0 Å². The number of benzene rings is 2. The number of imidazole rings is 1. The lowest BCUT2D eigenvalue weighted by atomic mass is 10.2. The van der Waals surface area contributed by atoms with E-state index in [9.17, 15) is 0 Å². The van der Waals surface area contributed by atoms with Crippen molar-refractivity contribution in [3.63, 3.8) is 0 Å². The van der Waals surface area contributed by atoms with Gasteiger partial charge in [-0.25, -0.2) is 4.98 Å². The lowest BCUT2D eigenvalue weighted by Gasteiger charge is -1.96. The molecule has 2 heterocycles. The number of aromatic nitrogens is 4. The van der Waals surface area contributed by atoms with Crippen LogP contribution in [0.25, 0.3) is 33.5 Å². The fourth-order valence-corrected chi connectivity index (χ4v) is 2.37. The van der Waals surface area contributed by atoms with Crippen molar-refractivity contribution in [2.45, 2.75) is 0 Å². The molecule has 5 nitrogen and oxygen atoms in total. The lowest BCUT2D eigenvalue weighted by Crippen LogP contribution is -1.81. The molecule has 0 fully saturated rings. The molecule has 20 heavy (non-hydrogen) atoms. The highest BCUT2D eigenvalue weighted by Crippen LogP contribution is 2.27. The zero-order chi connectivity index (χ0) is 13.5. The SMILES string of the molecule is COc1ccc2[nH]c(-c3n[nH]c4ccccc34)nc2c1. The number of fused-ring (bicyclic) bond motifs is 2. The van der Waals surface area contributed by atoms with Gasteiger partial charge in [0.2, 0.25) is 0 Å². The number of hydrogen-bond donors (Lipinski definition) is 2. The van der Waals surface area contributed by atoms with Gasteiger partial charge in [0.05, 0.1) is 23.7 Å². The standard InChI is InChI=1S/C15H12N4O/c1-20-9-6-7-12-13(8-9)17-15(16-12)14-10-4-2-3-5-11(10)18-19-14/h2-8H,1H3,(H,16,17)(H,18,19). The fourth-order valence-electron chi connectivity index (χ4n) is 2.37. The van der Waals surface area contributed by atoms with Gasteiger partial charge in [0, 0.05) is 11.5 Å². The highest BCUT2D eigenvalue weighted by atomic mass is 16.5. The van der Waals surface area contributed by atoms with E-state index in [0.717, 1.165) is 39.2 Å². The van der Waals surface area contributed by atoms with Gasteiger partial charge in [-0.05, 0) is 18.2 Å². The third-order valence-electron chi connectivity index (χ3n) is 3.38.